The zero-order valence-corrected chi connectivity index (χ0v) is 12.2. The molecule has 1 aromatic carbocycles. The van der Waals surface area contributed by atoms with Gasteiger partial charge in [-0.05, 0) is 37.7 Å². The van der Waals surface area contributed by atoms with Gasteiger partial charge < -0.3 is 10.6 Å². The summed E-state index contributed by atoms with van der Waals surface area (Å²) in [4.78, 5) is 4.71. The molecule has 1 atom stereocenters. The van der Waals surface area contributed by atoms with Crippen molar-refractivity contribution in [1.29, 1.82) is 0 Å². The van der Waals surface area contributed by atoms with Crippen molar-refractivity contribution in [1.82, 2.24) is 9.80 Å². The van der Waals surface area contributed by atoms with Gasteiger partial charge in [-0.1, -0.05) is 11.8 Å². The van der Waals surface area contributed by atoms with Crippen LogP contribution in [0.1, 0.15) is 18.1 Å². The molecule has 0 bridgehead atoms. The third kappa shape index (κ3) is 4.04. The molecule has 0 amide bonds. The lowest BCUT2D eigenvalue weighted by atomic mass is 10.1. The predicted molar refractivity (Wildman–Crippen MR) is 79.7 cm³/mol. The second-order valence-corrected chi connectivity index (χ2v) is 5.42. The number of benzene rings is 1. The summed E-state index contributed by atoms with van der Waals surface area (Å²) in [5.74, 6) is 5.43. The van der Waals surface area contributed by atoms with Gasteiger partial charge in [0.1, 0.15) is 5.82 Å². The summed E-state index contributed by atoms with van der Waals surface area (Å²) in [5.41, 5.74) is 7.03. The minimum Gasteiger partial charge on any atom is -0.320 e. The van der Waals surface area contributed by atoms with Crippen LogP contribution in [-0.2, 0) is 6.54 Å². The van der Waals surface area contributed by atoms with Crippen LogP contribution in [0, 0.1) is 17.7 Å². The van der Waals surface area contributed by atoms with E-state index in [1.165, 1.54) is 6.07 Å². The number of nitrogens with two attached hydrogens (primary N) is 1. The second-order valence-electron chi connectivity index (χ2n) is 5.42. The first-order chi connectivity index (χ1) is 9.58. The Labute approximate surface area is 120 Å². The Morgan fingerprint density at radius 2 is 2.15 bits per heavy atom. The van der Waals surface area contributed by atoms with Crippen LogP contribution >= 0.6 is 0 Å². The summed E-state index contributed by atoms with van der Waals surface area (Å²) in [6.45, 7) is 6.36. The van der Waals surface area contributed by atoms with Gasteiger partial charge in [0.15, 0.2) is 0 Å². The highest BCUT2D eigenvalue weighted by molar-refractivity contribution is 5.38. The first-order valence-corrected chi connectivity index (χ1v) is 6.99. The van der Waals surface area contributed by atoms with Gasteiger partial charge in [-0.3, -0.25) is 4.90 Å². The van der Waals surface area contributed by atoms with Crippen LogP contribution in [0.25, 0.3) is 0 Å². The highest BCUT2D eigenvalue weighted by atomic mass is 19.1. The molecule has 0 aliphatic carbocycles. The third-order valence-corrected chi connectivity index (χ3v) is 3.74. The molecule has 108 valence electrons. The fourth-order valence-electron chi connectivity index (χ4n) is 2.49. The van der Waals surface area contributed by atoms with Gasteiger partial charge in [-0.25, -0.2) is 4.39 Å². The van der Waals surface area contributed by atoms with E-state index in [1.54, 1.807) is 6.07 Å². The fraction of sp³-hybridized carbons (Fsp3) is 0.500. The number of rotatable bonds is 2. The summed E-state index contributed by atoms with van der Waals surface area (Å²) < 4.78 is 13.6. The maximum atomic E-state index is 13.6. The van der Waals surface area contributed by atoms with Gasteiger partial charge in [-0.15, -0.1) is 0 Å². The van der Waals surface area contributed by atoms with E-state index in [1.807, 2.05) is 6.07 Å². The fourth-order valence-corrected chi connectivity index (χ4v) is 2.49. The third-order valence-electron chi connectivity index (χ3n) is 3.74. The molecule has 0 aromatic heterocycles. The average Bonchev–Trinajstić information content (AvgIpc) is 2.40. The smallest absolute Gasteiger partial charge is 0.124 e. The van der Waals surface area contributed by atoms with Crippen LogP contribution in [0.4, 0.5) is 4.39 Å². The Bertz CT molecular complexity index is 518. The number of likely N-dealkylation sites (N-methyl/N-ethyl adjacent to an activating group) is 1. The molecule has 1 unspecified atom stereocenters. The molecule has 1 aliphatic heterocycles. The van der Waals surface area contributed by atoms with Gasteiger partial charge in [0.2, 0.25) is 0 Å². The van der Waals surface area contributed by atoms with Gasteiger partial charge in [0.25, 0.3) is 0 Å². The van der Waals surface area contributed by atoms with Crippen molar-refractivity contribution >= 4 is 0 Å². The van der Waals surface area contributed by atoms with E-state index < -0.39 is 0 Å². The Balaban J connectivity index is 2.07. The summed E-state index contributed by atoms with van der Waals surface area (Å²) in [7, 11) is 2.14. The van der Waals surface area contributed by atoms with Crippen LogP contribution in [-0.4, -0.2) is 49.1 Å². The average molecular weight is 275 g/mol. The molecule has 0 radical (unpaired) electrons. The Hall–Kier alpha value is -1.41. The van der Waals surface area contributed by atoms with E-state index >= 15 is 0 Å². The summed E-state index contributed by atoms with van der Waals surface area (Å²) in [6, 6.07) is 5.54. The lowest BCUT2D eigenvalue weighted by Gasteiger charge is -2.37. The van der Waals surface area contributed by atoms with E-state index in [2.05, 4.69) is 35.6 Å². The zero-order chi connectivity index (χ0) is 14.5. The molecule has 1 aromatic rings. The quantitative estimate of drug-likeness (QED) is 0.825. The number of hydrogen-bond acceptors (Lipinski definition) is 3. The van der Waals surface area contributed by atoms with Gasteiger partial charge >= 0.3 is 0 Å². The van der Waals surface area contributed by atoms with Crippen molar-refractivity contribution in [2.75, 3.05) is 33.2 Å². The molecule has 1 saturated heterocycles. The van der Waals surface area contributed by atoms with Crippen LogP contribution in [0.2, 0.25) is 0 Å². The lowest BCUT2D eigenvalue weighted by molar-refractivity contribution is 0.0999. The molecule has 20 heavy (non-hydrogen) atoms. The standard InChI is InChI=1S/C16H22FN3/c1-13-11-20(7-6-19(13)2)12-15-8-14(4-3-5-18)9-16(17)10-15/h8-10,13H,5-7,11-12,18H2,1-2H3. The Morgan fingerprint density at radius 1 is 1.35 bits per heavy atom. The first kappa shape index (κ1) is 15.0. The van der Waals surface area contributed by atoms with Crippen molar-refractivity contribution < 1.29 is 4.39 Å². The van der Waals surface area contributed by atoms with E-state index in [0.29, 0.717) is 18.2 Å². The SMILES string of the molecule is CC1CN(Cc2cc(F)cc(C#CCN)c2)CCN1C. The number of halogens is 1. The summed E-state index contributed by atoms with van der Waals surface area (Å²) in [6.07, 6.45) is 0. The van der Waals surface area contributed by atoms with Crippen molar-refractivity contribution in [3.05, 3.63) is 35.1 Å². The van der Waals surface area contributed by atoms with Crippen molar-refractivity contribution in [3.63, 3.8) is 0 Å². The first-order valence-electron chi connectivity index (χ1n) is 6.99. The number of hydrogen-bond donors (Lipinski definition) is 1. The molecule has 1 aliphatic rings. The molecule has 4 heteroatoms. The zero-order valence-electron chi connectivity index (χ0n) is 12.2. The summed E-state index contributed by atoms with van der Waals surface area (Å²) in [5, 5.41) is 0. The molecular weight excluding hydrogens is 253 g/mol. The lowest BCUT2D eigenvalue weighted by Crippen LogP contribution is -2.49. The minimum absolute atomic E-state index is 0.231. The van der Waals surface area contributed by atoms with E-state index in [9.17, 15) is 4.39 Å². The molecule has 1 heterocycles. The van der Waals surface area contributed by atoms with Crippen LogP contribution in [0.15, 0.2) is 18.2 Å². The Morgan fingerprint density at radius 3 is 2.85 bits per heavy atom. The molecule has 1 fully saturated rings. The molecule has 3 nitrogen and oxygen atoms in total. The van der Waals surface area contributed by atoms with E-state index in [0.717, 1.165) is 31.7 Å². The van der Waals surface area contributed by atoms with E-state index in [-0.39, 0.29) is 5.82 Å². The molecule has 0 saturated carbocycles. The minimum atomic E-state index is -0.231. The van der Waals surface area contributed by atoms with E-state index in [4.69, 9.17) is 5.73 Å². The van der Waals surface area contributed by atoms with Crippen LogP contribution in [0.5, 0.6) is 0 Å². The van der Waals surface area contributed by atoms with Gasteiger partial charge in [-0.2, -0.15) is 0 Å². The molecule has 2 N–H and O–H groups in total. The molecular formula is C16H22FN3. The predicted octanol–water partition coefficient (Wildman–Crippen LogP) is 1.27. The summed E-state index contributed by atoms with van der Waals surface area (Å²) >= 11 is 0. The van der Waals surface area contributed by atoms with Crippen LogP contribution in [0.3, 0.4) is 0 Å². The highest BCUT2D eigenvalue weighted by Gasteiger charge is 2.20. The topological polar surface area (TPSA) is 32.5 Å². The molecule has 2 rings (SSSR count). The normalized spacial score (nSPS) is 20.5. The van der Waals surface area contributed by atoms with Crippen molar-refractivity contribution in [2.24, 2.45) is 5.73 Å². The number of piperazine rings is 1. The maximum absolute atomic E-state index is 13.6. The monoisotopic (exact) mass is 275 g/mol. The number of nitrogens with zero attached hydrogens (tertiary/aromatic N) is 2. The molecule has 0 spiro atoms. The van der Waals surface area contributed by atoms with Crippen molar-refractivity contribution in [3.8, 4) is 11.8 Å². The van der Waals surface area contributed by atoms with Crippen LogP contribution < -0.4 is 5.73 Å². The van der Waals surface area contributed by atoms with Gasteiger partial charge in [0.05, 0.1) is 6.54 Å². The van der Waals surface area contributed by atoms with Crippen molar-refractivity contribution in [2.45, 2.75) is 19.5 Å². The van der Waals surface area contributed by atoms with Gasteiger partial charge in [0, 0.05) is 37.8 Å². The second kappa shape index (κ2) is 6.85. The largest absolute Gasteiger partial charge is 0.320 e. The Kier molecular flexibility index (Phi) is 5.13. The maximum Gasteiger partial charge on any atom is 0.124 e. The highest BCUT2D eigenvalue weighted by Crippen LogP contribution is 2.14.